The van der Waals surface area contributed by atoms with Crippen LogP contribution in [-0.4, -0.2) is 30.9 Å². The second-order valence-corrected chi connectivity index (χ2v) is 5.22. The molecule has 0 atom stereocenters. The van der Waals surface area contributed by atoms with Gasteiger partial charge in [0, 0.05) is 29.4 Å². The van der Waals surface area contributed by atoms with Gasteiger partial charge in [-0.2, -0.15) is 13.5 Å². The Balaban J connectivity index is 2.04. The molecule has 1 aromatic carbocycles. The van der Waals surface area contributed by atoms with Gasteiger partial charge >= 0.3 is 12.6 Å². The van der Waals surface area contributed by atoms with Gasteiger partial charge in [-0.05, 0) is 30.3 Å². The smallest absolute Gasteiger partial charge is 0.404 e. The zero-order chi connectivity index (χ0) is 18.7. The zero-order valence-electron chi connectivity index (χ0n) is 13.1. The number of hydrogen-bond donors (Lipinski definition) is 2. The highest BCUT2D eigenvalue weighted by Crippen LogP contribution is 2.26. The number of pyridine rings is 1. The molecule has 0 aliphatic rings. The summed E-state index contributed by atoms with van der Waals surface area (Å²) in [6.45, 7) is -2.96. The third kappa shape index (κ3) is 3.79. The maximum Gasteiger partial charge on any atom is 0.404 e. The van der Waals surface area contributed by atoms with E-state index in [1.54, 1.807) is 0 Å². The number of nitrogens with zero attached hydrogens (tertiary/aromatic N) is 4. The Hall–Kier alpha value is -3.43. The summed E-state index contributed by atoms with van der Waals surface area (Å²) in [4.78, 5) is 18.8. The lowest BCUT2D eigenvalue weighted by Gasteiger charge is -2.09. The molecule has 0 spiro atoms. The minimum Gasteiger partial charge on any atom is -0.465 e. The first-order valence-electron chi connectivity index (χ1n) is 7.35. The van der Waals surface area contributed by atoms with E-state index in [1.807, 2.05) is 0 Å². The number of carbonyl (C=O) groups is 1. The Morgan fingerprint density at radius 1 is 1.23 bits per heavy atom. The summed E-state index contributed by atoms with van der Waals surface area (Å²) < 4.78 is 39.0. The number of benzene rings is 1. The monoisotopic (exact) mass is 363 g/mol. The van der Waals surface area contributed by atoms with Crippen molar-refractivity contribution in [2.45, 2.75) is 13.1 Å². The highest BCUT2D eigenvalue weighted by atomic mass is 19.3. The number of alkyl halides is 2. The molecule has 1 amide bonds. The molecule has 134 valence electrons. The van der Waals surface area contributed by atoms with Crippen LogP contribution in [0.1, 0.15) is 12.1 Å². The number of nitrogens with one attached hydrogen (secondary N) is 1. The van der Waals surface area contributed by atoms with Crippen molar-refractivity contribution in [3.63, 3.8) is 0 Å². The van der Waals surface area contributed by atoms with Gasteiger partial charge < -0.3 is 10.4 Å². The fraction of sp³-hybridized carbons (Fsp3) is 0.125. The van der Waals surface area contributed by atoms with Crippen LogP contribution < -0.4 is 5.32 Å². The van der Waals surface area contributed by atoms with Gasteiger partial charge in [-0.1, -0.05) is 0 Å². The van der Waals surface area contributed by atoms with Crippen LogP contribution in [0.5, 0.6) is 0 Å². The quantitative estimate of drug-likeness (QED) is 0.725. The van der Waals surface area contributed by atoms with E-state index < -0.39 is 18.5 Å². The standard InChI is InChI=1S/C16H12F3N5O2/c17-11-3-1-9(2-4-11)13-5-12(10(6-20-13)7-21-16(25)26)14-22-8-24(23-14)15(18)19/h1-6,8,15,21H,7H2,(H,25,26). The fourth-order valence-corrected chi connectivity index (χ4v) is 2.27. The summed E-state index contributed by atoms with van der Waals surface area (Å²) in [7, 11) is 0. The minimum atomic E-state index is -2.85. The van der Waals surface area contributed by atoms with Crippen LogP contribution in [-0.2, 0) is 6.54 Å². The average molecular weight is 363 g/mol. The summed E-state index contributed by atoms with van der Waals surface area (Å²) in [6, 6.07) is 7.10. The van der Waals surface area contributed by atoms with E-state index in [0.717, 1.165) is 6.33 Å². The summed E-state index contributed by atoms with van der Waals surface area (Å²) in [5.41, 5.74) is 1.78. The molecule has 2 N–H and O–H groups in total. The number of carboxylic acid groups (broad SMARTS) is 1. The van der Waals surface area contributed by atoms with Gasteiger partial charge in [-0.25, -0.2) is 14.2 Å². The van der Waals surface area contributed by atoms with Crippen molar-refractivity contribution in [3.05, 3.63) is 54.2 Å². The Kier molecular flexibility index (Phi) is 4.83. The molecule has 3 aromatic rings. The molecule has 2 aromatic heterocycles. The maximum absolute atomic E-state index is 13.1. The van der Waals surface area contributed by atoms with Gasteiger partial charge in [0.25, 0.3) is 0 Å². The minimum absolute atomic E-state index is 0.00162. The number of rotatable bonds is 5. The molecule has 0 aliphatic heterocycles. The predicted octanol–water partition coefficient (Wildman–Crippen LogP) is 3.31. The molecular weight excluding hydrogens is 351 g/mol. The first-order valence-corrected chi connectivity index (χ1v) is 7.35. The van der Waals surface area contributed by atoms with Crippen LogP contribution in [0.15, 0.2) is 42.9 Å². The van der Waals surface area contributed by atoms with Crippen LogP contribution >= 0.6 is 0 Å². The Bertz CT molecular complexity index is 928. The topological polar surface area (TPSA) is 92.9 Å². The summed E-state index contributed by atoms with van der Waals surface area (Å²) in [5.74, 6) is -0.410. The molecular formula is C16H12F3N5O2. The van der Waals surface area contributed by atoms with Crippen molar-refractivity contribution in [2.75, 3.05) is 0 Å². The van der Waals surface area contributed by atoms with Crippen molar-refractivity contribution in [3.8, 4) is 22.6 Å². The molecule has 0 radical (unpaired) electrons. The van der Waals surface area contributed by atoms with E-state index in [-0.39, 0.29) is 12.4 Å². The number of amides is 1. The molecule has 0 unspecified atom stereocenters. The molecule has 3 rings (SSSR count). The fourth-order valence-electron chi connectivity index (χ4n) is 2.27. The third-order valence-electron chi connectivity index (χ3n) is 3.51. The van der Waals surface area contributed by atoms with E-state index in [2.05, 4.69) is 20.4 Å². The van der Waals surface area contributed by atoms with Crippen LogP contribution in [0.4, 0.5) is 18.0 Å². The van der Waals surface area contributed by atoms with Gasteiger partial charge in [0.15, 0.2) is 5.82 Å². The molecule has 0 saturated carbocycles. The lowest BCUT2D eigenvalue weighted by Crippen LogP contribution is -2.20. The van der Waals surface area contributed by atoms with Crippen LogP contribution in [0.25, 0.3) is 22.6 Å². The van der Waals surface area contributed by atoms with Crippen molar-refractivity contribution >= 4 is 6.09 Å². The lowest BCUT2D eigenvalue weighted by molar-refractivity contribution is 0.0564. The summed E-state index contributed by atoms with van der Waals surface area (Å²) in [5, 5.41) is 14.7. The molecule has 0 bridgehead atoms. The average Bonchev–Trinajstić information content (AvgIpc) is 3.11. The predicted molar refractivity (Wildman–Crippen MR) is 84.8 cm³/mol. The zero-order valence-corrected chi connectivity index (χ0v) is 13.1. The van der Waals surface area contributed by atoms with Crippen molar-refractivity contribution < 1.29 is 23.1 Å². The Morgan fingerprint density at radius 3 is 2.58 bits per heavy atom. The Labute approximate surface area is 145 Å². The molecule has 26 heavy (non-hydrogen) atoms. The molecule has 2 heterocycles. The highest BCUT2D eigenvalue weighted by Gasteiger charge is 2.16. The van der Waals surface area contributed by atoms with Crippen LogP contribution in [0.2, 0.25) is 0 Å². The van der Waals surface area contributed by atoms with Crippen LogP contribution in [0.3, 0.4) is 0 Å². The summed E-state index contributed by atoms with van der Waals surface area (Å²) >= 11 is 0. The second-order valence-electron chi connectivity index (χ2n) is 5.22. The third-order valence-corrected chi connectivity index (χ3v) is 3.51. The van der Waals surface area contributed by atoms with Gasteiger partial charge in [-0.3, -0.25) is 4.98 Å². The number of aromatic nitrogens is 4. The molecule has 0 aliphatic carbocycles. The molecule has 0 saturated heterocycles. The SMILES string of the molecule is O=C(O)NCc1cnc(-c2ccc(F)cc2)cc1-c1ncn(C(F)F)n1. The lowest BCUT2D eigenvalue weighted by atomic mass is 10.0. The largest absolute Gasteiger partial charge is 0.465 e. The number of hydrogen-bond acceptors (Lipinski definition) is 4. The van der Waals surface area contributed by atoms with Gasteiger partial charge in [0.1, 0.15) is 12.1 Å². The van der Waals surface area contributed by atoms with E-state index in [1.165, 1.54) is 36.5 Å². The summed E-state index contributed by atoms with van der Waals surface area (Å²) in [6.07, 6.45) is 1.03. The van der Waals surface area contributed by atoms with Crippen molar-refractivity contribution in [1.82, 2.24) is 25.1 Å². The molecule has 10 heteroatoms. The molecule has 0 fully saturated rings. The molecule has 7 nitrogen and oxygen atoms in total. The van der Waals surface area contributed by atoms with E-state index in [4.69, 9.17) is 5.11 Å². The van der Waals surface area contributed by atoms with Gasteiger partial charge in [0.2, 0.25) is 0 Å². The number of halogens is 3. The first kappa shape index (κ1) is 17.4. The van der Waals surface area contributed by atoms with E-state index in [9.17, 15) is 18.0 Å². The van der Waals surface area contributed by atoms with Crippen molar-refractivity contribution in [1.29, 1.82) is 0 Å². The maximum atomic E-state index is 13.1. The van der Waals surface area contributed by atoms with E-state index in [0.29, 0.717) is 27.1 Å². The normalized spacial score (nSPS) is 10.9. The van der Waals surface area contributed by atoms with Gasteiger partial charge in [-0.15, -0.1) is 5.10 Å². The van der Waals surface area contributed by atoms with Gasteiger partial charge in [0.05, 0.1) is 5.69 Å². The first-order chi connectivity index (χ1) is 12.4. The van der Waals surface area contributed by atoms with Crippen LogP contribution in [0, 0.1) is 5.82 Å². The van der Waals surface area contributed by atoms with E-state index >= 15 is 0 Å². The highest BCUT2D eigenvalue weighted by molar-refractivity contribution is 5.70. The second kappa shape index (κ2) is 7.21. The van der Waals surface area contributed by atoms with Crippen molar-refractivity contribution in [2.24, 2.45) is 0 Å². The Morgan fingerprint density at radius 2 is 1.96 bits per heavy atom.